The molecule has 0 spiro atoms. The first-order chi connectivity index (χ1) is 16.4. The minimum atomic E-state index is -3.84. The van der Waals surface area contributed by atoms with Gasteiger partial charge in [-0.3, -0.25) is 4.79 Å². The average Bonchev–Trinajstić information content (AvgIpc) is 2.99. The third kappa shape index (κ3) is 4.26. The van der Waals surface area contributed by atoms with Crippen LogP contribution in [0.1, 0.15) is 22.8 Å². The number of fused-ring (bicyclic) bond motifs is 2. The smallest absolute Gasteiger partial charge is 0.259 e. The molecule has 1 amide bonds. The second kappa shape index (κ2) is 9.18. The minimum absolute atomic E-state index is 0.138. The number of aryl methyl sites for hydroxylation is 1. The first-order valence-corrected chi connectivity index (χ1v) is 13.1. The third-order valence-corrected chi connectivity index (χ3v) is 8.58. The molecule has 34 heavy (non-hydrogen) atoms. The SMILES string of the molecule is CCN1CCN(c2cc3c(cc2S(=O)(=O)N2CCOCC2)C(=O)Nc2cc(C)ccc2O3)CC1. The number of hydrogen-bond acceptors (Lipinski definition) is 7. The number of ether oxygens (including phenoxy) is 2. The number of rotatable bonds is 4. The number of nitrogens with zero attached hydrogens (tertiary/aromatic N) is 3. The van der Waals surface area contributed by atoms with Gasteiger partial charge in [0.1, 0.15) is 10.6 Å². The summed E-state index contributed by atoms with van der Waals surface area (Å²) in [6.07, 6.45) is 0. The molecule has 0 radical (unpaired) electrons. The Hall–Kier alpha value is -2.66. The third-order valence-electron chi connectivity index (χ3n) is 6.66. The summed E-state index contributed by atoms with van der Waals surface area (Å²) in [7, 11) is -3.84. The Morgan fingerprint density at radius 1 is 0.971 bits per heavy atom. The van der Waals surface area contributed by atoms with Crippen LogP contribution in [0.2, 0.25) is 0 Å². The topological polar surface area (TPSA) is 91.4 Å². The van der Waals surface area contributed by atoms with Gasteiger partial charge in [0.25, 0.3) is 5.91 Å². The van der Waals surface area contributed by atoms with E-state index in [9.17, 15) is 13.2 Å². The minimum Gasteiger partial charge on any atom is -0.454 e. The maximum Gasteiger partial charge on any atom is 0.259 e. The molecule has 3 aliphatic heterocycles. The Balaban J connectivity index is 1.62. The molecule has 3 heterocycles. The summed E-state index contributed by atoms with van der Waals surface area (Å²) in [6.45, 7) is 9.37. The van der Waals surface area contributed by atoms with Crippen molar-refractivity contribution in [3.05, 3.63) is 41.5 Å². The zero-order valence-corrected chi connectivity index (χ0v) is 20.4. The molecule has 5 rings (SSSR count). The molecular formula is C24H30N4O5S. The van der Waals surface area contributed by atoms with Crippen LogP contribution in [0, 0.1) is 6.92 Å². The lowest BCUT2D eigenvalue weighted by atomic mass is 10.1. The molecule has 9 nitrogen and oxygen atoms in total. The number of anilines is 2. The standard InChI is InChI=1S/C24H30N4O5S/c1-3-26-6-8-27(9-7-26)20-16-22-18(15-23(20)34(30,31)28-10-12-32-13-11-28)24(29)25-19-14-17(2)4-5-21(19)33-22/h4-5,14-16H,3,6-13H2,1-2H3,(H,25,29). The van der Waals surface area contributed by atoms with Gasteiger partial charge >= 0.3 is 0 Å². The van der Waals surface area contributed by atoms with Crippen molar-refractivity contribution in [1.82, 2.24) is 9.21 Å². The Bertz CT molecular complexity index is 1200. The Kier molecular flexibility index (Phi) is 6.24. The van der Waals surface area contributed by atoms with E-state index < -0.39 is 10.0 Å². The molecular weight excluding hydrogens is 456 g/mol. The van der Waals surface area contributed by atoms with Gasteiger partial charge in [0.05, 0.1) is 30.2 Å². The highest BCUT2D eigenvalue weighted by Gasteiger charge is 2.34. The Labute approximate surface area is 200 Å². The van der Waals surface area contributed by atoms with Crippen molar-refractivity contribution in [3.63, 3.8) is 0 Å². The Morgan fingerprint density at radius 3 is 2.41 bits per heavy atom. The normalized spacial score (nSPS) is 19.6. The number of morpholine rings is 1. The van der Waals surface area contributed by atoms with E-state index in [1.165, 1.54) is 10.4 Å². The van der Waals surface area contributed by atoms with Crippen LogP contribution in [0.5, 0.6) is 11.5 Å². The number of benzene rings is 2. The molecule has 2 aromatic carbocycles. The Morgan fingerprint density at radius 2 is 1.71 bits per heavy atom. The number of carbonyl (C=O) groups is 1. The van der Waals surface area contributed by atoms with Gasteiger partial charge in [0.2, 0.25) is 10.0 Å². The largest absolute Gasteiger partial charge is 0.454 e. The molecule has 2 aromatic rings. The maximum atomic E-state index is 13.8. The molecule has 0 aromatic heterocycles. The highest BCUT2D eigenvalue weighted by molar-refractivity contribution is 7.89. The quantitative estimate of drug-likeness (QED) is 0.710. The van der Waals surface area contributed by atoms with Crippen LogP contribution in [-0.4, -0.2) is 82.6 Å². The van der Waals surface area contributed by atoms with Crippen LogP contribution in [0.15, 0.2) is 35.2 Å². The number of piperazine rings is 1. The number of sulfonamides is 1. The van der Waals surface area contributed by atoms with Gasteiger partial charge in [0, 0.05) is 45.3 Å². The second-order valence-electron chi connectivity index (χ2n) is 8.81. The molecule has 182 valence electrons. The first kappa shape index (κ1) is 23.1. The molecule has 0 aliphatic carbocycles. The van der Waals surface area contributed by atoms with Gasteiger partial charge in [-0.1, -0.05) is 13.0 Å². The van der Waals surface area contributed by atoms with Crippen LogP contribution in [0.25, 0.3) is 0 Å². The van der Waals surface area contributed by atoms with E-state index in [2.05, 4.69) is 22.0 Å². The molecule has 1 N–H and O–H groups in total. The summed E-state index contributed by atoms with van der Waals surface area (Å²) in [5.41, 5.74) is 2.33. The van der Waals surface area contributed by atoms with E-state index in [0.29, 0.717) is 49.2 Å². The lowest BCUT2D eigenvalue weighted by molar-refractivity contribution is 0.0730. The lowest BCUT2D eigenvalue weighted by Gasteiger charge is -2.37. The van der Waals surface area contributed by atoms with Gasteiger partial charge < -0.3 is 24.6 Å². The molecule has 2 fully saturated rings. The zero-order chi connectivity index (χ0) is 23.9. The molecule has 2 saturated heterocycles. The summed E-state index contributed by atoms with van der Waals surface area (Å²) in [5, 5.41) is 2.88. The number of nitrogens with one attached hydrogen (secondary N) is 1. The highest BCUT2D eigenvalue weighted by atomic mass is 32.2. The fourth-order valence-electron chi connectivity index (χ4n) is 4.63. The number of likely N-dealkylation sites (N-methyl/N-ethyl adjacent to an activating group) is 1. The van der Waals surface area contributed by atoms with Crippen LogP contribution in [0.3, 0.4) is 0 Å². The summed E-state index contributed by atoms with van der Waals surface area (Å²) >= 11 is 0. The molecule has 10 heteroatoms. The zero-order valence-electron chi connectivity index (χ0n) is 19.5. The van der Waals surface area contributed by atoms with Crippen molar-refractivity contribution in [2.45, 2.75) is 18.7 Å². The van der Waals surface area contributed by atoms with Crippen LogP contribution in [0.4, 0.5) is 11.4 Å². The van der Waals surface area contributed by atoms with Crippen molar-refractivity contribution in [1.29, 1.82) is 0 Å². The van der Waals surface area contributed by atoms with Gasteiger partial charge in [-0.2, -0.15) is 4.31 Å². The molecule has 0 saturated carbocycles. The number of carbonyl (C=O) groups excluding carboxylic acids is 1. The molecule has 0 bridgehead atoms. The summed E-state index contributed by atoms with van der Waals surface area (Å²) < 4.78 is 40.5. The van der Waals surface area contributed by atoms with Gasteiger partial charge in [0.15, 0.2) is 5.75 Å². The maximum absolute atomic E-state index is 13.8. The lowest BCUT2D eigenvalue weighted by Crippen LogP contribution is -2.47. The molecule has 0 atom stereocenters. The van der Waals surface area contributed by atoms with Crippen molar-refractivity contribution in [2.75, 3.05) is 69.2 Å². The summed E-state index contributed by atoms with van der Waals surface area (Å²) in [6, 6.07) is 8.78. The van der Waals surface area contributed by atoms with E-state index in [0.717, 1.165) is 25.2 Å². The summed E-state index contributed by atoms with van der Waals surface area (Å²) in [5.74, 6) is 0.498. The van der Waals surface area contributed by atoms with Crippen LogP contribution < -0.4 is 15.0 Å². The summed E-state index contributed by atoms with van der Waals surface area (Å²) in [4.78, 5) is 17.7. The first-order valence-electron chi connectivity index (χ1n) is 11.7. The van der Waals surface area contributed by atoms with Crippen molar-refractivity contribution in [3.8, 4) is 11.5 Å². The highest BCUT2D eigenvalue weighted by Crippen LogP contribution is 2.41. The monoisotopic (exact) mass is 486 g/mol. The van der Waals surface area contributed by atoms with E-state index in [-0.39, 0.29) is 29.5 Å². The molecule has 3 aliphatic rings. The number of amides is 1. The van der Waals surface area contributed by atoms with Crippen LogP contribution >= 0.6 is 0 Å². The van der Waals surface area contributed by atoms with Gasteiger partial charge in [-0.25, -0.2) is 8.42 Å². The van der Waals surface area contributed by atoms with Gasteiger partial charge in [-0.15, -0.1) is 0 Å². The van der Waals surface area contributed by atoms with Crippen molar-refractivity contribution >= 4 is 27.3 Å². The van der Waals surface area contributed by atoms with Crippen molar-refractivity contribution in [2.24, 2.45) is 0 Å². The fraction of sp³-hybridized carbons (Fsp3) is 0.458. The predicted molar refractivity (Wildman–Crippen MR) is 130 cm³/mol. The second-order valence-corrected chi connectivity index (χ2v) is 10.7. The van der Waals surface area contributed by atoms with Gasteiger partial charge in [-0.05, 0) is 37.2 Å². The van der Waals surface area contributed by atoms with Crippen LogP contribution in [-0.2, 0) is 14.8 Å². The van der Waals surface area contributed by atoms with E-state index >= 15 is 0 Å². The number of hydrogen-bond donors (Lipinski definition) is 1. The average molecular weight is 487 g/mol. The fourth-order valence-corrected chi connectivity index (χ4v) is 6.26. The van der Waals surface area contributed by atoms with E-state index in [1.807, 2.05) is 25.1 Å². The van der Waals surface area contributed by atoms with E-state index in [4.69, 9.17) is 9.47 Å². The molecule has 0 unspecified atom stereocenters. The predicted octanol–water partition coefficient (Wildman–Crippen LogP) is 2.52. The van der Waals surface area contributed by atoms with Crippen molar-refractivity contribution < 1.29 is 22.7 Å². The van der Waals surface area contributed by atoms with E-state index in [1.54, 1.807) is 6.07 Å².